The van der Waals surface area contributed by atoms with Crippen molar-refractivity contribution in [3.05, 3.63) is 0 Å². The van der Waals surface area contributed by atoms with Crippen molar-refractivity contribution in [2.75, 3.05) is 13.1 Å². The predicted octanol–water partition coefficient (Wildman–Crippen LogP) is 4.05. The van der Waals surface area contributed by atoms with Crippen molar-refractivity contribution in [2.24, 2.45) is 11.7 Å². The first-order valence-electron chi connectivity index (χ1n) is 9.71. The highest BCUT2D eigenvalue weighted by Gasteiger charge is 2.15. The van der Waals surface area contributed by atoms with Crippen LogP contribution in [0.4, 0.5) is 0 Å². The lowest BCUT2D eigenvalue weighted by Gasteiger charge is -2.19. The van der Waals surface area contributed by atoms with Gasteiger partial charge in [-0.05, 0) is 53.1 Å². The van der Waals surface area contributed by atoms with Crippen molar-refractivity contribution < 1.29 is 9.53 Å². The lowest BCUT2D eigenvalue weighted by atomic mass is 10.1. The van der Waals surface area contributed by atoms with E-state index in [0.717, 1.165) is 12.8 Å². The fourth-order valence-corrected chi connectivity index (χ4v) is 2.42. The number of rotatable bonds is 8. The fraction of sp³-hybridized carbons (Fsp3) is 0.947. The summed E-state index contributed by atoms with van der Waals surface area (Å²) in [6.45, 7) is 10.5. The van der Waals surface area contributed by atoms with Gasteiger partial charge in [-0.2, -0.15) is 0 Å². The molecule has 1 fully saturated rings. The highest BCUT2D eigenvalue weighted by molar-refractivity contribution is 5.69. The van der Waals surface area contributed by atoms with Gasteiger partial charge < -0.3 is 10.1 Å². The van der Waals surface area contributed by atoms with Gasteiger partial charge in [0.1, 0.15) is 5.60 Å². The van der Waals surface area contributed by atoms with Gasteiger partial charge in [-0.1, -0.05) is 51.9 Å². The molecule has 0 aromatic rings. The van der Waals surface area contributed by atoms with Crippen LogP contribution in [0, 0.1) is 0 Å². The normalized spacial score (nSPS) is 13.9. The summed E-state index contributed by atoms with van der Waals surface area (Å²) in [6.07, 6.45) is 13.4. The minimum absolute atomic E-state index is 0.0546. The predicted molar refractivity (Wildman–Crippen MR) is 104 cm³/mol. The molecule has 5 N–H and O–H groups in total. The average molecular weight is 346 g/mol. The zero-order chi connectivity index (χ0) is 18.7. The lowest BCUT2D eigenvalue weighted by molar-refractivity contribution is -0.154. The Balaban J connectivity index is 0. The summed E-state index contributed by atoms with van der Waals surface area (Å²) in [5.74, 6) is 7.95. The molecule has 0 saturated carbocycles. The largest absolute Gasteiger partial charge is 0.460 e. The van der Waals surface area contributed by atoms with Crippen molar-refractivity contribution >= 4 is 5.97 Å². The molecule has 1 heterocycles. The third kappa shape index (κ3) is 23.6. The number of unbranched alkanes of at least 4 members (excludes halogenated alkanes) is 6. The van der Waals surface area contributed by atoms with E-state index in [1.54, 1.807) is 0 Å². The first-order valence-corrected chi connectivity index (χ1v) is 9.71. The highest BCUT2D eigenvalue weighted by Crippen LogP contribution is 2.12. The fourth-order valence-electron chi connectivity index (χ4n) is 2.42. The third-order valence-electron chi connectivity index (χ3n) is 3.61. The molecule has 0 unspecified atom stereocenters. The molecule has 0 atom stereocenters. The number of hydrogen-bond donors (Lipinski definition) is 3. The van der Waals surface area contributed by atoms with Gasteiger partial charge in [0, 0.05) is 6.42 Å². The SMILES string of the molecule is C1CCNCC1.CCCCCCCCCC(=O)OC(C)(C)C.NN. The Morgan fingerprint density at radius 3 is 1.79 bits per heavy atom. The van der Waals surface area contributed by atoms with Crippen LogP contribution in [0.15, 0.2) is 0 Å². The molecule has 5 heteroatoms. The number of esters is 1. The van der Waals surface area contributed by atoms with E-state index in [2.05, 4.69) is 23.9 Å². The van der Waals surface area contributed by atoms with E-state index in [1.807, 2.05) is 20.8 Å². The molecule has 1 aliphatic heterocycles. The summed E-state index contributed by atoms with van der Waals surface area (Å²) in [7, 11) is 0. The van der Waals surface area contributed by atoms with Crippen molar-refractivity contribution in [1.82, 2.24) is 5.32 Å². The van der Waals surface area contributed by atoms with Gasteiger partial charge >= 0.3 is 5.97 Å². The molecule has 1 saturated heterocycles. The quantitative estimate of drug-likeness (QED) is 0.267. The van der Waals surface area contributed by atoms with Gasteiger partial charge in [0.2, 0.25) is 0 Å². The Hall–Kier alpha value is -0.650. The molecule has 1 aliphatic rings. The van der Waals surface area contributed by atoms with Crippen LogP contribution >= 0.6 is 0 Å². The van der Waals surface area contributed by atoms with Crippen molar-refractivity contribution in [2.45, 2.75) is 104 Å². The zero-order valence-electron chi connectivity index (χ0n) is 16.7. The molecule has 24 heavy (non-hydrogen) atoms. The summed E-state index contributed by atoms with van der Waals surface area (Å²) >= 11 is 0. The smallest absolute Gasteiger partial charge is 0.306 e. The number of carbonyl (C=O) groups is 1. The molecule has 0 spiro atoms. The van der Waals surface area contributed by atoms with Crippen LogP contribution in [-0.2, 0) is 9.53 Å². The average Bonchev–Trinajstić information content (AvgIpc) is 2.56. The van der Waals surface area contributed by atoms with Crippen LogP contribution < -0.4 is 17.0 Å². The van der Waals surface area contributed by atoms with E-state index in [0.29, 0.717) is 6.42 Å². The lowest BCUT2D eigenvalue weighted by Crippen LogP contribution is -2.23. The molecule has 1 rings (SSSR count). The maximum absolute atomic E-state index is 11.4. The second kappa shape index (κ2) is 18.7. The van der Waals surface area contributed by atoms with E-state index in [-0.39, 0.29) is 11.6 Å². The molecule has 0 aliphatic carbocycles. The topological polar surface area (TPSA) is 90.4 Å². The minimum Gasteiger partial charge on any atom is -0.460 e. The summed E-state index contributed by atoms with van der Waals surface area (Å²) in [5, 5.41) is 3.28. The van der Waals surface area contributed by atoms with Gasteiger partial charge in [0.05, 0.1) is 0 Å². The zero-order valence-corrected chi connectivity index (χ0v) is 16.7. The summed E-state index contributed by atoms with van der Waals surface area (Å²) in [4.78, 5) is 11.4. The maximum atomic E-state index is 11.4. The molecule has 0 aromatic heterocycles. The van der Waals surface area contributed by atoms with Gasteiger partial charge in [0.15, 0.2) is 0 Å². The molecule has 5 nitrogen and oxygen atoms in total. The molecular weight excluding hydrogens is 302 g/mol. The number of ether oxygens (including phenoxy) is 1. The van der Waals surface area contributed by atoms with Crippen LogP contribution in [0.2, 0.25) is 0 Å². The van der Waals surface area contributed by atoms with Crippen molar-refractivity contribution in [1.29, 1.82) is 0 Å². The first-order chi connectivity index (χ1) is 11.5. The van der Waals surface area contributed by atoms with E-state index < -0.39 is 0 Å². The van der Waals surface area contributed by atoms with E-state index >= 15 is 0 Å². The Morgan fingerprint density at radius 2 is 1.42 bits per heavy atom. The van der Waals surface area contributed by atoms with Crippen LogP contribution in [-0.4, -0.2) is 24.7 Å². The van der Waals surface area contributed by atoms with Gasteiger partial charge in [0.25, 0.3) is 0 Å². The van der Waals surface area contributed by atoms with E-state index in [9.17, 15) is 4.79 Å². The Bertz CT molecular complexity index is 250. The Labute approximate surface area is 150 Å². The van der Waals surface area contributed by atoms with Crippen LogP contribution in [0.5, 0.6) is 0 Å². The number of nitrogens with two attached hydrogens (primary N) is 2. The molecule has 0 radical (unpaired) electrons. The highest BCUT2D eigenvalue weighted by atomic mass is 16.6. The maximum Gasteiger partial charge on any atom is 0.306 e. The standard InChI is InChI=1S/C14H28O2.C5H11N.H4N2/c1-5-6-7-8-9-10-11-12-13(15)16-14(2,3)4;1-2-4-6-5-3-1;1-2/h5-12H2,1-4H3;6H,1-5H2;1-2H2. The Kier molecular flexibility index (Phi) is 19.9. The summed E-state index contributed by atoms with van der Waals surface area (Å²) in [5.41, 5.74) is -0.335. The van der Waals surface area contributed by atoms with E-state index in [1.165, 1.54) is 64.5 Å². The van der Waals surface area contributed by atoms with Crippen LogP contribution in [0.1, 0.15) is 98.3 Å². The van der Waals surface area contributed by atoms with Gasteiger partial charge in [-0.25, -0.2) is 0 Å². The van der Waals surface area contributed by atoms with Gasteiger partial charge in [-0.3, -0.25) is 16.5 Å². The third-order valence-corrected chi connectivity index (χ3v) is 3.61. The summed E-state index contributed by atoms with van der Waals surface area (Å²) < 4.78 is 5.24. The Morgan fingerprint density at radius 1 is 0.917 bits per heavy atom. The second-order valence-electron chi connectivity index (χ2n) is 7.27. The van der Waals surface area contributed by atoms with Gasteiger partial charge in [-0.15, -0.1) is 0 Å². The molecule has 0 aromatic carbocycles. The number of carbonyl (C=O) groups excluding carboxylic acids is 1. The second-order valence-corrected chi connectivity index (χ2v) is 7.27. The number of piperidine rings is 1. The van der Waals surface area contributed by atoms with Crippen LogP contribution in [0.3, 0.4) is 0 Å². The minimum atomic E-state index is -0.335. The monoisotopic (exact) mass is 345 g/mol. The van der Waals surface area contributed by atoms with Crippen molar-refractivity contribution in [3.8, 4) is 0 Å². The first kappa shape index (κ1) is 25.6. The molecular formula is C19H43N3O2. The molecule has 146 valence electrons. The summed E-state index contributed by atoms with van der Waals surface area (Å²) in [6, 6.07) is 0. The van der Waals surface area contributed by atoms with Crippen LogP contribution in [0.25, 0.3) is 0 Å². The van der Waals surface area contributed by atoms with E-state index in [4.69, 9.17) is 4.74 Å². The number of hydrazine groups is 1. The number of nitrogens with one attached hydrogen (secondary N) is 1. The number of hydrogen-bond acceptors (Lipinski definition) is 5. The molecule has 0 amide bonds. The van der Waals surface area contributed by atoms with Crippen molar-refractivity contribution in [3.63, 3.8) is 0 Å². The molecule has 0 bridgehead atoms.